The van der Waals surface area contributed by atoms with E-state index < -0.39 is 36.1 Å². The Hall–Kier alpha value is -3.91. The van der Waals surface area contributed by atoms with Gasteiger partial charge >= 0.3 is 6.09 Å². The molecule has 0 aliphatic rings. The first kappa shape index (κ1) is 23.7. The highest BCUT2D eigenvalue weighted by Gasteiger charge is 2.30. The van der Waals surface area contributed by atoms with Gasteiger partial charge in [0.25, 0.3) is 0 Å². The molecule has 5 N–H and O–H groups in total. The summed E-state index contributed by atoms with van der Waals surface area (Å²) in [5.74, 6) is -1.47. The number of amides is 3. The second-order valence-electron chi connectivity index (χ2n) is 7.73. The molecule has 0 radical (unpaired) electrons. The Kier molecular flexibility index (Phi) is 7.99. The number of ether oxygens (including phenoxy) is 1. The largest absolute Gasteiger partial charge is 0.445 e. The van der Waals surface area contributed by atoms with Crippen LogP contribution in [0.25, 0.3) is 10.8 Å². The fraction of sp³-hybridized carbons (Fsp3) is 0.240. The summed E-state index contributed by atoms with van der Waals surface area (Å²) in [6.45, 7) is 1.36. The van der Waals surface area contributed by atoms with Gasteiger partial charge in [-0.2, -0.15) is 0 Å². The van der Waals surface area contributed by atoms with Crippen molar-refractivity contribution in [3.63, 3.8) is 0 Å². The zero-order valence-electron chi connectivity index (χ0n) is 18.2. The van der Waals surface area contributed by atoms with Gasteiger partial charge in [0.15, 0.2) is 0 Å². The molecule has 0 bridgehead atoms. The molecule has 0 aliphatic carbocycles. The van der Waals surface area contributed by atoms with Crippen molar-refractivity contribution in [2.45, 2.75) is 38.1 Å². The summed E-state index contributed by atoms with van der Waals surface area (Å²) in [4.78, 5) is 37.1. The van der Waals surface area contributed by atoms with Crippen molar-refractivity contribution in [2.75, 3.05) is 0 Å². The van der Waals surface area contributed by atoms with E-state index in [1.165, 1.54) is 6.92 Å². The monoisotopic (exact) mass is 449 g/mol. The predicted molar refractivity (Wildman–Crippen MR) is 124 cm³/mol. The first-order chi connectivity index (χ1) is 15.8. The molecule has 0 aliphatic heterocycles. The van der Waals surface area contributed by atoms with E-state index in [1.54, 1.807) is 12.1 Å². The van der Waals surface area contributed by atoms with Crippen molar-refractivity contribution in [2.24, 2.45) is 5.73 Å². The third-order valence-corrected chi connectivity index (χ3v) is 5.21. The van der Waals surface area contributed by atoms with Gasteiger partial charge in [-0.1, -0.05) is 72.8 Å². The van der Waals surface area contributed by atoms with E-state index in [0.29, 0.717) is 0 Å². The summed E-state index contributed by atoms with van der Waals surface area (Å²) < 4.78 is 5.12. The molecule has 33 heavy (non-hydrogen) atoms. The Morgan fingerprint density at radius 3 is 2.30 bits per heavy atom. The second-order valence-corrected chi connectivity index (χ2v) is 7.73. The predicted octanol–water partition coefficient (Wildman–Crippen LogP) is 2.03. The Labute approximate surface area is 191 Å². The molecule has 3 atom stereocenters. The molecule has 0 spiro atoms. The smallest absolute Gasteiger partial charge is 0.408 e. The van der Waals surface area contributed by atoms with Gasteiger partial charge in [-0.05, 0) is 28.8 Å². The Morgan fingerprint density at radius 2 is 1.61 bits per heavy atom. The third-order valence-electron chi connectivity index (χ3n) is 5.21. The minimum atomic E-state index is -1.33. The van der Waals surface area contributed by atoms with E-state index in [4.69, 9.17) is 10.5 Å². The van der Waals surface area contributed by atoms with Crippen molar-refractivity contribution >= 4 is 28.7 Å². The van der Waals surface area contributed by atoms with Crippen molar-refractivity contribution in [3.8, 4) is 0 Å². The fourth-order valence-electron chi connectivity index (χ4n) is 3.47. The van der Waals surface area contributed by atoms with Gasteiger partial charge in [0, 0.05) is 6.42 Å². The van der Waals surface area contributed by atoms with Crippen molar-refractivity contribution in [1.29, 1.82) is 0 Å². The number of nitrogens with one attached hydrogen (secondary N) is 2. The number of alkyl carbamates (subject to hydrolysis) is 1. The van der Waals surface area contributed by atoms with Crippen LogP contribution in [0, 0.1) is 0 Å². The lowest BCUT2D eigenvalue weighted by atomic mass is 9.98. The summed E-state index contributed by atoms with van der Waals surface area (Å²) >= 11 is 0. The molecule has 0 unspecified atom stereocenters. The van der Waals surface area contributed by atoms with E-state index >= 15 is 0 Å². The Morgan fingerprint density at radius 1 is 0.939 bits per heavy atom. The van der Waals surface area contributed by atoms with Gasteiger partial charge in [0.05, 0.1) is 6.10 Å². The van der Waals surface area contributed by atoms with Crippen molar-refractivity contribution in [1.82, 2.24) is 10.6 Å². The number of hydrogen-bond acceptors (Lipinski definition) is 5. The maximum Gasteiger partial charge on any atom is 0.408 e. The topological polar surface area (TPSA) is 131 Å². The van der Waals surface area contributed by atoms with Crippen LogP contribution in [0.4, 0.5) is 4.79 Å². The summed E-state index contributed by atoms with van der Waals surface area (Å²) in [6, 6.07) is 20.0. The normalized spacial score (nSPS) is 13.5. The first-order valence-corrected chi connectivity index (χ1v) is 10.6. The standard InChI is InChI=1S/C25H27N3O5/c1-16(29)22(28-25(32)33-15-17-8-3-2-4-9-17)24(31)27-21(23(26)30)14-19-12-7-11-18-10-5-6-13-20(18)19/h2-13,16,21-22,29H,14-15H2,1H3,(H2,26,30)(H,27,31)(H,28,32)/t16-,21-,22+/m1/s1. The van der Waals surface area contributed by atoms with Crippen LogP contribution in [-0.2, 0) is 27.4 Å². The molecule has 0 saturated heterocycles. The molecule has 0 fully saturated rings. The molecule has 3 aromatic rings. The maximum absolute atomic E-state index is 12.8. The van der Waals surface area contributed by atoms with Crippen LogP contribution < -0.4 is 16.4 Å². The lowest BCUT2D eigenvalue weighted by Gasteiger charge is -2.24. The number of primary amides is 1. The van der Waals surface area contributed by atoms with Gasteiger partial charge in [0.1, 0.15) is 18.7 Å². The summed E-state index contributed by atoms with van der Waals surface area (Å²) in [6.07, 6.45) is -1.95. The van der Waals surface area contributed by atoms with Crippen LogP contribution in [-0.4, -0.2) is 41.2 Å². The highest BCUT2D eigenvalue weighted by atomic mass is 16.5. The van der Waals surface area contributed by atoms with Crippen LogP contribution in [0.1, 0.15) is 18.1 Å². The number of benzene rings is 3. The van der Waals surface area contributed by atoms with Crippen molar-refractivity contribution in [3.05, 3.63) is 83.9 Å². The number of aliphatic hydroxyl groups is 1. The zero-order valence-corrected chi connectivity index (χ0v) is 18.2. The molecule has 3 rings (SSSR count). The molecule has 172 valence electrons. The molecule has 0 saturated carbocycles. The number of fused-ring (bicyclic) bond motifs is 1. The van der Waals surface area contributed by atoms with E-state index in [-0.39, 0.29) is 13.0 Å². The summed E-state index contributed by atoms with van der Waals surface area (Å²) in [5, 5.41) is 16.9. The number of aliphatic hydroxyl groups excluding tert-OH is 1. The maximum atomic E-state index is 12.8. The minimum absolute atomic E-state index is 0.00577. The average Bonchev–Trinajstić information content (AvgIpc) is 2.81. The van der Waals surface area contributed by atoms with Crippen molar-refractivity contribution < 1.29 is 24.2 Å². The summed E-state index contributed by atoms with van der Waals surface area (Å²) in [5.41, 5.74) is 7.15. The van der Waals surface area contributed by atoms with Crippen LogP contribution >= 0.6 is 0 Å². The average molecular weight is 450 g/mol. The fourth-order valence-corrected chi connectivity index (χ4v) is 3.47. The van der Waals surface area contributed by atoms with E-state index in [1.807, 2.05) is 60.7 Å². The lowest BCUT2D eigenvalue weighted by molar-refractivity contribution is -0.130. The minimum Gasteiger partial charge on any atom is -0.445 e. The molecule has 0 heterocycles. The van der Waals surface area contributed by atoms with Gasteiger partial charge in [-0.15, -0.1) is 0 Å². The lowest BCUT2D eigenvalue weighted by Crippen LogP contribution is -2.57. The highest BCUT2D eigenvalue weighted by Crippen LogP contribution is 2.20. The number of nitrogens with two attached hydrogens (primary N) is 1. The van der Waals surface area contributed by atoms with Gasteiger partial charge in [-0.3, -0.25) is 9.59 Å². The number of carbonyl (C=O) groups excluding carboxylic acids is 3. The van der Waals surface area contributed by atoms with Crippen LogP contribution in [0.2, 0.25) is 0 Å². The Bertz CT molecular complexity index is 1110. The molecular weight excluding hydrogens is 422 g/mol. The van der Waals surface area contributed by atoms with Crippen LogP contribution in [0.15, 0.2) is 72.8 Å². The summed E-state index contributed by atoms with van der Waals surface area (Å²) in [7, 11) is 0. The molecule has 3 aromatic carbocycles. The number of carbonyl (C=O) groups is 3. The first-order valence-electron chi connectivity index (χ1n) is 10.6. The third kappa shape index (κ3) is 6.54. The van der Waals surface area contributed by atoms with Crippen LogP contribution in [0.5, 0.6) is 0 Å². The number of rotatable bonds is 9. The SMILES string of the molecule is C[C@@H](O)[C@H](NC(=O)OCc1ccccc1)C(=O)N[C@H](Cc1cccc2ccccc12)C(N)=O. The highest BCUT2D eigenvalue weighted by molar-refractivity contribution is 5.92. The van der Waals surface area contributed by atoms with Gasteiger partial charge < -0.3 is 26.2 Å². The Balaban J connectivity index is 1.66. The molecule has 8 heteroatoms. The zero-order chi connectivity index (χ0) is 23.8. The molecule has 3 amide bonds. The second kappa shape index (κ2) is 11.1. The van der Waals surface area contributed by atoms with E-state index in [0.717, 1.165) is 21.9 Å². The van der Waals surface area contributed by atoms with E-state index in [9.17, 15) is 19.5 Å². The van der Waals surface area contributed by atoms with Crippen LogP contribution in [0.3, 0.4) is 0 Å². The quantitative estimate of drug-likeness (QED) is 0.397. The molecule has 8 nitrogen and oxygen atoms in total. The molecule has 0 aromatic heterocycles. The van der Waals surface area contributed by atoms with Gasteiger partial charge in [0.2, 0.25) is 11.8 Å². The number of hydrogen-bond donors (Lipinski definition) is 4. The van der Waals surface area contributed by atoms with E-state index in [2.05, 4.69) is 10.6 Å². The van der Waals surface area contributed by atoms with Gasteiger partial charge in [-0.25, -0.2) is 4.79 Å². The molecular formula is C25H27N3O5.